The smallest absolute Gasteiger partial charge is 0.407 e. The van der Waals surface area contributed by atoms with Gasteiger partial charge < -0.3 is 25.6 Å². The number of ether oxygens (including phenoxy) is 1. The monoisotopic (exact) mass is 458 g/mol. The Labute approximate surface area is 190 Å². The molecular formula is C23H26N2O6S. The van der Waals surface area contributed by atoms with Crippen molar-refractivity contribution in [2.24, 2.45) is 0 Å². The molecule has 0 aliphatic heterocycles. The number of carbonyl (C=O) groups is 3. The molecule has 170 valence electrons. The van der Waals surface area contributed by atoms with E-state index in [1.807, 2.05) is 54.8 Å². The van der Waals surface area contributed by atoms with Crippen molar-refractivity contribution in [3.05, 3.63) is 59.7 Å². The third kappa shape index (κ3) is 5.60. The minimum absolute atomic E-state index is 0.0997. The van der Waals surface area contributed by atoms with Gasteiger partial charge in [-0.3, -0.25) is 4.79 Å². The summed E-state index contributed by atoms with van der Waals surface area (Å²) in [7, 11) is 0. The summed E-state index contributed by atoms with van der Waals surface area (Å²) in [5.74, 6) is -1.51. The average molecular weight is 459 g/mol. The van der Waals surface area contributed by atoms with Crippen molar-refractivity contribution in [3.63, 3.8) is 0 Å². The number of hydrogen-bond acceptors (Lipinski definition) is 6. The highest BCUT2D eigenvalue weighted by Crippen LogP contribution is 2.44. The summed E-state index contributed by atoms with van der Waals surface area (Å²) in [6.45, 7) is -0.329. The fourth-order valence-electron chi connectivity index (χ4n) is 3.69. The standard InChI is InChI=1S/C23H26N2O6S/c1-32-11-10-19(21(27)24-12-20(26)22(28)29)25-23(30)31-13-18-16-8-4-2-6-14(16)15-7-3-5-9-17(15)18/h2-9,18-20,26H,10-13H2,1H3,(H,24,27)(H,25,30)(H,28,29). The van der Waals surface area contributed by atoms with E-state index in [9.17, 15) is 19.5 Å². The van der Waals surface area contributed by atoms with Crippen LogP contribution in [0, 0.1) is 0 Å². The van der Waals surface area contributed by atoms with Gasteiger partial charge in [0.05, 0.1) is 6.54 Å². The second kappa shape index (κ2) is 11.0. The third-order valence-corrected chi connectivity index (χ3v) is 5.96. The molecule has 32 heavy (non-hydrogen) atoms. The van der Waals surface area contributed by atoms with Crippen LogP contribution in [0.15, 0.2) is 48.5 Å². The maximum atomic E-state index is 12.5. The summed E-state index contributed by atoms with van der Waals surface area (Å²) in [4.78, 5) is 35.6. The highest BCUT2D eigenvalue weighted by Gasteiger charge is 2.30. The fourth-order valence-corrected chi connectivity index (χ4v) is 4.17. The summed E-state index contributed by atoms with van der Waals surface area (Å²) in [6, 6.07) is 15.1. The zero-order chi connectivity index (χ0) is 23.1. The van der Waals surface area contributed by atoms with Crippen molar-refractivity contribution < 1.29 is 29.3 Å². The number of aliphatic carboxylic acids is 1. The largest absolute Gasteiger partial charge is 0.479 e. The summed E-state index contributed by atoms with van der Waals surface area (Å²) in [5.41, 5.74) is 4.40. The molecule has 4 N–H and O–H groups in total. The minimum atomic E-state index is -1.71. The third-order valence-electron chi connectivity index (χ3n) is 5.32. The highest BCUT2D eigenvalue weighted by molar-refractivity contribution is 7.98. The second-order valence-corrected chi connectivity index (χ2v) is 8.39. The zero-order valence-electron chi connectivity index (χ0n) is 17.6. The minimum Gasteiger partial charge on any atom is -0.479 e. The van der Waals surface area contributed by atoms with Gasteiger partial charge in [0.15, 0.2) is 6.10 Å². The van der Waals surface area contributed by atoms with Gasteiger partial charge in [-0.1, -0.05) is 48.5 Å². The molecule has 9 heteroatoms. The van der Waals surface area contributed by atoms with Crippen molar-refractivity contribution in [1.82, 2.24) is 10.6 Å². The summed E-state index contributed by atoms with van der Waals surface area (Å²) in [5, 5.41) is 23.0. The molecule has 1 aliphatic rings. The Balaban J connectivity index is 1.61. The number of aliphatic hydroxyl groups excluding tert-OH is 1. The lowest BCUT2D eigenvalue weighted by molar-refractivity contribution is -0.146. The molecule has 2 aromatic carbocycles. The van der Waals surface area contributed by atoms with Gasteiger partial charge in [-0.05, 0) is 40.7 Å². The van der Waals surface area contributed by atoms with Crippen molar-refractivity contribution in [2.75, 3.05) is 25.2 Å². The lowest BCUT2D eigenvalue weighted by Gasteiger charge is -2.20. The van der Waals surface area contributed by atoms with Crippen molar-refractivity contribution in [3.8, 4) is 11.1 Å². The maximum Gasteiger partial charge on any atom is 0.407 e. The van der Waals surface area contributed by atoms with Gasteiger partial charge in [0, 0.05) is 5.92 Å². The number of alkyl carbamates (subject to hydrolysis) is 1. The van der Waals surface area contributed by atoms with Crippen LogP contribution in [0.4, 0.5) is 4.79 Å². The zero-order valence-corrected chi connectivity index (χ0v) is 18.4. The van der Waals surface area contributed by atoms with Crippen LogP contribution >= 0.6 is 11.8 Å². The molecular weight excluding hydrogens is 432 g/mol. The Morgan fingerprint density at radius 2 is 1.66 bits per heavy atom. The number of fused-ring (bicyclic) bond motifs is 3. The Bertz CT molecular complexity index is 937. The molecule has 0 spiro atoms. The first-order valence-electron chi connectivity index (χ1n) is 10.2. The number of rotatable bonds is 10. The number of aliphatic hydroxyl groups is 1. The van der Waals surface area contributed by atoms with Gasteiger partial charge in [-0.15, -0.1) is 0 Å². The summed E-state index contributed by atoms with van der Waals surface area (Å²) < 4.78 is 5.48. The number of benzene rings is 2. The molecule has 0 heterocycles. The van der Waals surface area contributed by atoms with E-state index in [-0.39, 0.29) is 12.5 Å². The van der Waals surface area contributed by atoms with Crippen molar-refractivity contribution in [1.29, 1.82) is 0 Å². The van der Waals surface area contributed by atoms with Gasteiger partial charge in [-0.25, -0.2) is 9.59 Å². The van der Waals surface area contributed by atoms with E-state index in [1.54, 1.807) is 0 Å². The van der Waals surface area contributed by atoms with E-state index >= 15 is 0 Å². The first-order chi connectivity index (χ1) is 15.4. The van der Waals surface area contributed by atoms with Gasteiger partial charge in [0.1, 0.15) is 12.6 Å². The van der Waals surface area contributed by atoms with Crippen LogP contribution in [0.5, 0.6) is 0 Å². The summed E-state index contributed by atoms with van der Waals surface area (Å²) >= 11 is 1.51. The fraction of sp³-hybridized carbons (Fsp3) is 0.348. The van der Waals surface area contributed by atoms with E-state index in [2.05, 4.69) is 10.6 Å². The Morgan fingerprint density at radius 1 is 1.06 bits per heavy atom. The molecule has 2 amide bonds. The topological polar surface area (TPSA) is 125 Å². The van der Waals surface area contributed by atoms with Gasteiger partial charge in [0.2, 0.25) is 5.91 Å². The summed E-state index contributed by atoms with van der Waals surface area (Å²) in [6.07, 6.45) is -0.238. The highest BCUT2D eigenvalue weighted by atomic mass is 32.2. The first kappa shape index (κ1) is 23.6. The molecule has 0 bridgehead atoms. The lowest BCUT2D eigenvalue weighted by Crippen LogP contribution is -2.49. The number of carboxylic acids is 1. The quantitative estimate of drug-likeness (QED) is 0.430. The predicted molar refractivity (Wildman–Crippen MR) is 122 cm³/mol. The van der Waals surface area contributed by atoms with E-state index in [0.29, 0.717) is 12.2 Å². The SMILES string of the molecule is CSCCC(NC(=O)OCC1c2ccccc2-c2ccccc21)C(=O)NCC(O)C(=O)O. The first-order valence-corrected chi connectivity index (χ1v) is 11.6. The molecule has 0 saturated heterocycles. The predicted octanol–water partition coefficient (Wildman–Crippen LogP) is 2.21. The molecule has 1 aliphatic carbocycles. The van der Waals surface area contributed by atoms with Crippen LogP contribution < -0.4 is 10.6 Å². The van der Waals surface area contributed by atoms with Crippen molar-refractivity contribution >= 4 is 29.7 Å². The second-order valence-electron chi connectivity index (χ2n) is 7.40. The van der Waals surface area contributed by atoms with E-state index in [4.69, 9.17) is 9.84 Å². The molecule has 0 radical (unpaired) electrons. The molecule has 3 rings (SSSR count). The molecule has 8 nitrogen and oxygen atoms in total. The molecule has 2 atom stereocenters. The Kier molecular flexibility index (Phi) is 8.13. The number of thioether (sulfide) groups is 1. The van der Waals surface area contributed by atoms with Gasteiger partial charge in [-0.2, -0.15) is 11.8 Å². The lowest BCUT2D eigenvalue weighted by atomic mass is 9.98. The molecule has 2 unspecified atom stereocenters. The Hall–Kier alpha value is -3.04. The van der Waals surface area contributed by atoms with Crippen molar-refractivity contribution in [2.45, 2.75) is 24.5 Å². The van der Waals surface area contributed by atoms with Gasteiger partial charge >= 0.3 is 12.1 Å². The maximum absolute atomic E-state index is 12.5. The van der Waals surface area contributed by atoms with E-state index in [0.717, 1.165) is 22.3 Å². The molecule has 2 aromatic rings. The number of hydrogen-bond donors (Lipinski definition) is 4. The molecule has 0 aromatic heterocycles. The molecule has 0 saturated carbocycles. The number of carboxylic acid groups (broad SMARTS) is 1. The number of carbonyl (C=O) groups excluding carboxylic acids is 2. The normalized spacial score (nSPS) is 14.1. The number of nitrogens with one attached hydrogen (secondary N) is 2. The van der Waals surface area contributed by atoms with Crippen LogP contribution in [-0.2, 0) is 14.3 Å². The van der Waals surface area contributed by atoms with Crippen LogP contribution in [0.3, 0.4) is 0 Å². The average Bonchev–Trinajstić information content (AvgIpc) is 3.12. The van der Waals surface area contributed by atoms with Crippen LogP contribution in [0.2, 0.25) is 0 Å². The van der Waals surface area contributed by atoms with Gasteiger partial charge in [0.25, 0.3) is 0 Å². The van der Waals surface area contributed by atoms with Crippen LogP contribution in [0.1, 0.15) is 23.5 Å². The van der Waals surface area contributed by atoms with E-state index in [1.165, 1.54) is 11.8 Å². The van der Waals surface area contributed by atoms with E-state index < -0.39 is 36.7 Å². The number of amides is 2. The van der Waals surface area contributed by atoms with Crippen LogP contribution in [0.25, 0.3) is 11.1 Å². The molecule has 0 fully saturated rings. The Morgan fingerprint density at radius 3 is 2.22 bits per heavy atom. The van der Waals surface area contributed by atoms with Crippen LogP contribution in [-0.4, -0.2) is 65.5 Å².